The number of carbonyl (C=O) groups excluding carboxylic acids is 1. The fourth-order valence-electron chi connectivity index (χ4n) is 3.26. The highest BCUT2D eigenvalue weighted by molar-refractivity contribution is 7.89. The number of hydrogen-bond acceptors (Lipinski definition) is 4. The maximum atomic E-state index is 13.2. The van der Waals surface area contributed by atoms with Crippen LogP contribution in [0.15, 0.2) is 41.4 Å². The minimum Gasteiger partial charge on any atom is -0.353 e. The van der Waals surface area contributed by atoms with Crippen molar-refractivity contribution in [1.29, 1.82) is 0 Å². The largest absolute Gasteiger partial charge is 0.353 e. The van der Waals surface area contributed by atoms with Crippen molar-refractivity contribution in [3.63, 3.8) is 0 Å². The van der Waals surface area contributed by atoms with Crippen molar-refractivity contribution < 1.29 is 13.2 Å². The van der Waals surface area contributed by atoms with E-state index < -0.39 is 10.0 Å². The van der Waals surface area contributed by atoms with E-state index in [1.165, 1.54) is 4.31 Å². The number of rotatable bonds is 5. The topological polar surface area (TPSA) is 79.4 Å². The van der Waals surface area contributed by atoms with Gasteiger partial charge in [0, 0.05) is 30.7 Å². The molecular weight excluding hydrogens is 350 g/mol. The molecule has 0 saturated carbocycles. The molecule has 0 aliphatic carbocycles. The molecule has 2 unspecified atom stereocenters. The zero-order valence-electron chi connectivity index (χ0n) is 15.2. The van der Waals surface area contributed by atoms with Crippen LogP contribution in [0.2, 0.25) is 0 Å². The molecule has 2 heterocycles. The van der Waals surface area contributed by atoms with Gasteiger partial charge in [-0.1, -0.05) is 25.1 Å². The normalized spacial score (nSPS) is 20.0. The molecule has 1 fully saturated rings. The molecule has 140 valence electrons. The van der Waals surface area contributed by atoms with Gasteiger partial charge in [-0.15, -0.1) is 0 Å². The summed E-state index contributed by atoms with van der Waals surface area (Å²) in [5, 5.41) is 3.76. The number of nitrogens with one attached hydrogen (secondary N) is 1. The lowest BCUT2D eigenvalue weighted by atomic mass is 9.98. The second-order valence-corrected chi connectivity index (χ2v) is 8.76. The Morgan fingerprint density at radius 1 is 1.35 bits per heavy atom. The summed E-state index contributed by atoms with van der Waals surface area (Å²) in [6, 6.07) is 8.90. The number of fused-ring (bicyclic) bond motifs is 1. The van der Waals surface area contributed by atoms with Crippen molar-refractivity contribution >= 4 is 26.8 Å². The van der Waals surface area contributed by atoms with Crippen LogP contribution in [0, 0.1) is 5.92 Å². The smallest absolute Gasteiger partial charge is 0.245 e. The second-order valence-electron chi connectivity index (χ2n) is 6.85. The van der Waals surface area contributed by atoms with E-state index in [9.17, 15) is 13.2 Å². The predicted molar refractivity (Wildman–Crippen MR) is 101 cm³/mol. The molecule has 0 radical (unpaired) electrons. The van der Waals surface area contributed by atoms with Crippen LogP contribution >= 0.6 is 0 Å². The van der Waals surface area contributed by atoms with Crippen LogP contribution in [0.4, 0.5) is 0 Å². The number of nitrogens with zero attached hydrogens (tertiary/aromatic N) is 2. The van der Waals surface area contributed by atoms with Crippen molar-refractivity contribution in [2.24, 2.45) is 5.92 Å². The number of sulfonamides is 1. The fourth-order valence-corrected chi connectivity index (χ4v) is 4.95. The van der Waals surface area contributed by atoms with Crippen molar-refractivity contribution in [1.82, 2.24) is 14.6 Å². The second kappa shape index (κ2) is 7.72. The Bertz CT molecular complexity index is 893. The minimum atomic E-state index is -3.70. The maximum absolute atomic E-state index is 13.2. The number of amides is 1. The van der Waals surface area contributed by atoms with Gasteiger partial charge in [-0.2, -0.15) is 4.31 Å². The zero-order valence-corrected chi connectivity index (χ0v) is 16.0. The number of hydrogen-bond donors (Lipinski definition) is 1. The molecule has 1 aliphatic rings. The Labute approximate surface area is 154 Å². The van der Waals surface area contributed by atoms with Gasteiger partial charge in [0.05, 0.1) is 11.4 Å². The van der Waals surface area contributed by atoms with Crippen LogP contribution in [0.3, 0.4) is 0 Å². The summed E-state index contributed by atoms with van der Waals surface area (Å²) >= 11 is 0. The average Bonchev–Trinajstić information content (AvgIpc) is 2.67. The van der Waals surface area contributed by atoms with E-state index in [2.05, 4.69) is 10.3 Å². The van der Waals surface area contributed by atoms with Gasteiger partial charge in [-0.25, -0.2) is 8.42 Å². The van der Waals surface area contributed by atoms with E-state index in [4.69, 9.17) is 0 Å². The third kappa shape index (κ3) is 3.73. The van der Waals surface area contributed by atoms with Crippen molar-refractivity contribution in [2.45, 2.75) is 44.0 Å². The Morgan fingerprint density at radius 2 is 2.12 bits per heavy atom. The summed E-state index contributed by atoms with van der Waals surface area (Å²) < 4.78 is 27.8. The SMILES string of the molecule is CCC(C)NC(=O)C1CCCN(S(=O)(=O)c2cccc3cccnc23)C1. The molecule has 1 N–H and O–H groups in total. The first-order valence-electron chi connectivity index (χ1n) is 9.07. The van der Waals surface area contributed by atoms with Gasteiger partial charge >= 0.3 is 0 Å². The summed E-state index contributed by atoms with van der Waals surface area (Å²) in [4.78, 5) is 16.9. The highest BCUT2D eigenvalue weighted by Gasteiger charge is 2.34. The molecule has 7 heteroatoms. The predicted octanol–water partition coefficient (Wildman–Crippen LogP) is 2.55. The van der Waals surface area contributed by atoms with Crippen molar-refractivity contribution in [2.75, 3.05) is 13.1 Å². The summed E-state index contributed by atoms with van der Waals surface area (Å²) in [7, 11) is -3.70. The molecule has 2 atom stereocenters. The number of aromatic nitrogens is 1. The van der Waals surface area contributed by atoms with E-state index in [-0.39, 0.29) is 29.3 Å². The van der Waals surface area contributed by atoms with E-state index in [1.54, 1.807) is 24.4 Å². The quantitative estimate of drug-likeness (QED) is 0.871. The monoisotopic (exact) mass is 375 g/mol. The van der Waals surface area contributed by atoms with Crippen LogP contribution in [0.1, 0.15) is 33.1 Å². The third-order valence-corrected chi connectivity index (χ3v) is 6.87. The van der Waals surface area contributed by atoms with E-state index >= 15 is 0 Å². The molecule has 0 spiro atoms. The van der Waals surface area contributed by atoms with Gasteiger partial charge in [0.15, 0.2) is 0 Å². The maximum Gasteiger partial charge on any atom is 0.245 e. The summed E-state index contributed by atoms with van der Waals surface area (Å²) in [6.45, 7) is 4.61. The van der Waals surface area contributed by atoms with Crippen molar-refractivity contribution in [3.05, 3.63) is 36.5 Å². The van der Waals surface area contributed by atoms with Gasteiger partial charge in [-0.05, 0) is 38.3 Å². The van der Waals surface area contributed by atoms with Gasteiger partial charge < -0.3 is 5.32 Å². The van der Waals surface area contributed by atoms with Crippen LogP contribution in [0.5, 0.6) is 0 Å². The number of benzene rings is 1. The van der Waals surface area contributed by atoms with E-state index in [1.807, 2.05) is 26.0 Å². The van der Waals surface area contributed by atoms with Gasteiger partial charge in [0.2, 0.25) is 15.9 Å². The molecule has 6 nitrogen and oxygen atoms in total. The molecule has 3 rings (SSSR count). The summed E-state index contributed by atoms with van der Waals surface area (Å²) in [6.07, 6.45) is 3.83. The van der Waals surface area contributed by atoms with Gasteiger partial charge in [0.1, 0.15) is 4.90 Å². The average molecular weight is 375 g/mol. The summed E-state index contributed by atoms with van der Waals surface area (Å²) in [5.74, 6) is -0.370. The molecule has 1 aliphatic heterocycles. The molecule has 1 amide bonds. The van der Waals surface area contributed by atoms with Crippen LogP contribution in [-0.4, -0.2) is 42.7 Å². The lowest BCUT2D eigenvalue weighted by Crippen LogP contribution is -2.47. The first kappa shape index (κ1) is 18.8. The molecule has 1 saturated heterocycles. The first-order chi connectivity index (χ1) is 12.4. The highest BCUT2D eigenvalue weighted by atomic mass is 32.2. The number of para-hydroxylation sites is 1. The van der Waals surface area contributed by atoms with Crippen LogP contribution in [-0.2, 0) is 14.8 Å². The number of piperidine rings is 1. The molecule has 26 heavy (non-hydrogen) atoms. The Balaban J connectivity index is 1.86. The molecular formula is C19H25N3O3S. The molecule has 1 aromatic carbocycles. The van der Waals surface area contributed by atoms with Crippen molar-refractivity contribution in [3.8, 4) is 0 Å². The molecule has 0 bridgehead atoms. The fraction of sp³-hybridized carbons (Fsp3) is 0.474. The lowest BCUT2D eigenvalue weighted by Gasteiger charge is -2.32. The van der Waals surface area contributed by atoms with Gasteiger partial charge in [0.25, 0.3) is 0 Å². The zero-order chi connectivity index (χ0) is 18.7. The number of pyridine rings is 1. The Morgan fingerprint density at radius 3 is 2.88 bits per heavy atom. The highest BCUT2D eigenvalue weighted by Crippen LogP contribution is 2.28. The van der Waals surface area contributed by atoms with E-state index in [0.29, 0.717) is 24.9 Å². The van der Waals surface area contributed by atoms with Crippen LogP contribution in [0.25, 0.3) is 10.9 Å². The first-order valence-corrected chi connectivity index (χ1v) is 10.5. The molecule has 2 aromatic rings. The van der Waals surface area contributed by atoms with Gasteiger partial charge in [-0.3, -0.25) is 9.78 Å². The third-order valence-electron chi connectivity index (χ3n) is 4.97. The lowest BCUT2D eigenvalue weighted by molar-refractivity contribution is -0.126. The summed E-state index contributed by atoms with van der Waals surface area (Å²) in [5.41, 5.74) is 0.473. The number of carbonyl (C=O) groups is 1. The van der Waals surface area contributed by atoms with Crippen LogP contribution < -0.4 is 5.32 Å². The van der Waals surface area contributed by atoms with E-state index in [0.717, 1.165) is 11.8 Å². The Kier molecular flexibility index (Phi) is 5.58. The Hall–Kier alpha value is -1.99. The minimum absolute atomic E-state index is 0.0599. The standard InChI is InChI=1S/C19H25N3O3S/c1-3-14(2)21-19(23)16-9-6-12-22(13-16)26(24,25)17-10-4-7-15-8-5-11-20-18(15)17/h4-5,7-8,10-11,14,16H,3,6,9,12-13H2,1-2H3,(H,21,23). The molecule has 1 aromatic heterocycles.